The number of ether oxygens (including phenoxy) is 1. The highest BCUT2D eigenvalue weighted by atomic mass is 35.5. The van der Waals surface area contributed by atoms with Crippen molar-refractivity contribution in [3.8, 4) is 5.75 Å². The Balaban J connectivity index is 2.00. The molecule has 1 amide bonds. The molecule has 0 saturated carbocycles. The van der Waals surface area contributed by atoms with Crippen LogP contribution in [0.2, 0.25) is 5.02 Å². The molecular formula is C14H12ClN3O4. The maximum atomic E-state index is 11.8. The number of anilines is 1. The summed E-state index contributed by atoms with van der Waals surface area (Å²) < 4.78 is 5.15. The summed E-state index contributed by atoms with van der Waals surface area (Å²) in [5, 5.41) is 14.0. The number of nitrogens with one attached hydrogen (secondary N) is 1. The first-order valence-corrected chi connectivity index (χ1v) is 6.63. The van der Waals surface area contributed by atoms with Crippen LogP contribution in [-0.4, -0.2) is 22.4 Å². The van der Waals surface area contributed by atoms with Crippen molar-refractivity contribution in [3.63, 3.8) is 0 Å². The second kappa shape index (κ2) is 6.86. The molecule has 0 aliphatic rings. The smallest absolute Gasteiger partial charge is 0.406 e. The summed E-state index contributed by atoms with van der Waals surface area (Å²) >= 11 is 5.83. The van der Waals surface area contributed by atoms with Crippen LogP contribution in [0.5, 0.6) is 5.75 Å². The summed E-state index contributed by atoms with van der Waals surface area (Å²) in [4.78, 5) is 25.6. The average molecular weight is 322 g/mol. The monoisotopic (exact) mass is 321 g/mol. The third-order valence-corrected chi connectivity index (χ3v) is 2.98. The van der Waals surface area contributed by atoms with Gasteiger partial charge in [-0.3, -0.25) is 4.79 Å². The van der Waals surface area contributed by atoms with Crippen molar-refractivity contribution in [2.75, 3.05) is 11.9 Å². The molecule has 2 rings (SSSR count). The molecule has 1 aromatic heterocycles. The van der Waals surface area contributed by atoms with Gasteiger partial charge >= 0.3 is 5.82 Å². The summed E-state index contributed by atoms with van der Waals surface area (Å²) in [7, 11) is 0. The lowest BCUT2D eigenvalue weighted by atomic mass is 10.2. The van der Waals surface area contributed by atoms with Crippen molar-refractivity contribution >= 4 is 29.0 Å². The second-order valence-corrected chi connectivity index (χ2v) is 4.81. The van der Waals surface area contributed by atoms with Crippen molar-refractivity contribution in [2.24, 2.45) is 0 Å². The molecule has 0 fully saturated rings. The zero-order valence-electron chi connectivity index (χ0n) is 11.6. The number of halogens is 1. The number of pyridine rings is 1. The number of hydrogen-bond acceptors (Lipinski definition) is 5. The van der Waals surface area contributed by atoms with Crippen LogP contribution in [0, 0.1) is 17.0 Å². The van der Waals surface area contributed by atoms with Crippen molar-refractivity contribution < 1.29 is 14.5 Å². The summed E-state index contributed by atoms with van der Waals surface area (Å²) in [6, 6.07) is 7.90. The fraction of sp³-hybridized carbons (Fsp3) is 0.143. The molecular weight excluding hydrogens is 310 g/mol. The number of carbonyl (C=O) groups is 1. The highest BCUT2D eigenvalue weighted by Crippen LogP contribution is 2.23. The third-order valence-electron chi connectivity index (χ3n) is 2.75. The Hall–Kier alpha value is -2.67. The quantitative estimate of drug-likeness (QED) is 0.674. The van der Waals surface area contributed by atoms with E-state index in [2.05, 4.69) is 10.3 Å². The van der Waals surface area contributed by atoms with E-state index in [1.807, 2.05) is 0 Å². The normalized spacial score (nSPS) is 10.1. The van der Waals surface area contributed by atoms with Crippen molar-refractivity contribution in [3.05, 3.63) is 57.2 Å². The molecule has 1 aromatic carbocycles. The number of carbonyl (C=O) groups excluding carboxylic acids is 1. The Labute approximate surface area is 131 Å². The highest BCUT2D eigenvalue weighted by molar-refractivity contribution is 6.30. The highest BCUT2D eigenvalue weighted by Gasteiger charge is 2.16. The predicted octanol–water partition coefficient (Wildman–Crippen LogP) is 2.97. The van der Waals surface area contributed by atoms with Gasteiger partial charge in [0.1, 0.15) is 6.20 Å². The number of rotatable bonds is 5. The number of benzene rings is 1. The topological polar surface area (TPSA) is 94.4 Å². The molecule has 0 radical (unpaired) electrons. The van der Waals surface area contributed by atoms with E-state index in [0.717, 1.165) is 5.56 Å². The van der Waals surface area contributed by atoms with E-state index >= 15 is 0 Å². The molecule has 0 aliphatic carbocycles. The molecule has 1 heterocycles. The lowest BCUT2D eigenvalue weighted by molar-refractivity contribution is -0.390. The first-order chi connectivity index (χ1) is 10.5. The van der Waals surface area contributed by atoms with Crippen LogP contribution in [0.4, 0.5) is 11.5 Å². The van der Waals surface area contributed by atoms with Crippen LogP contribution in [-0.2, 0) is 4.79 Å². The maximum Gasteiger partial charge on any atom is 0.406 e. The summed E-state index contributed by atoms with van der Waals surface area (Å²) in [5.41, 5.74) is 1.40. The molecule has 1 N–H and O–H groups in total. The Bertz CT molecular complexity index is 721. The molecule has 7 nitrogen and oxygen atoms in total. The molecule has 0 aliphatic heterocycles. The standard InChI is InChI=1S/C14H12ClN3O4/c1-9-7-10(15)4-5-11(9)17-13(19)8-22-12-3-2-6-16-14(12)18(20)21/h2-7H,8H2,1H3,(H,17,19). The molecule has 0 bridgehead atoms. The molecule has 0 spiro atoms. The number of nitrogens with zero attached hydrogens (tertiary/aromatic N) is 2. The average Bonchev–Trinajstić information content (AvgIpc) is 2.48. The van der Waals surface area contributed by atoms with E-state index in [4.69, 9.17) is 16.3 Å². The Morgan fingerprint density at radius 1 is 1.45 bits per heavy atom. The number of nitro groups is 1. The van der Waals surface area contributed by atoms with Gasteiger partial charge in [0.2, 0.25) is 5.75 Å². The van der Waals surface area contributed by atoms with Gasteiger partial charge < -0.3 is 20.2 Å². The Kier molecular flexibility index (Phi) is 4.90. The van der Waals surface area contributed by atoms with Crippen molar-refractivity contribution in [1.29, 1.82) is 0 Å². The van der Waals surface area contributed by atoms with E-state index in [1.54, 1.807) is 25.1 Å². The molecule has 0 saturated heterocycles. The SMILES string of the molecule is Cc1cc(Cl)ccc1NC(=O)COc1cccnc1[N+](=O)[O-]. The number of aryl methyl sites for hydroxylation is 1. The molecule has 0 unspecified atom stereocenters. The first-order valence-electron chi connectivity index (χ1n) is 6.25. The van der Waals surface area contributed by atoms with Crippen LogP contribution in [0.15, 0.2) is 36.5 Å². The van der Waals surface area contributed by atoms with E-state index < -0.39 is 16.6 Å². The minimum atomic E-state index is -0.670. The van der Waals surface area contributed by atoms with E-state index in [1.165, 1.54) is 18.3 Å². The van der Waals surface area contributed by atoms with Gasteiger partial charge in [-0.2, -0.15) is 0 Å². The number of aromatic nitrogens is 1. The summed E-state index contributed by atoms with van der Waals surface area (Å²) in [6.45, 7) is 1.43. The van der Waals surface area contributed by atoms with Crippen LogP contribution in [0.1, 0.15) is 5.56 Å². The molecule has 2 aromatic rings. The van der Waals surface area contributed by atoms with E-state index in [-0.39, 0.29) is 12.4 Å². The van der Waals surface area contributed by atoms with Gasteiger partial charge in [0, 0.05) is 10.7 Å². The Morgan fingerprint density at radius 3 is 2.91 bits per heavy atom. The van der Waals surface area contributed by atoms with Gasteiger partial charge in [0.05, 0.1) is 0 Å². The molecule has 8 heteroatoms. The first kappa shape index (κ1) is 15.7. The zero-order chi connectivity index (χ0) is 16.1. The van der Waals surface area contributed by atoms with Gasteiger partial charge in [-0.05, 0) is 52.7 Å². The maximum absolute atomic E-state index is 11.8. The number of amides is 1. The van der Waals surface area contributed by atoms with Crippen molar-refractivity contribution in [2.45, 2.75) is 6.92 Å². The lowest BCUT2D eigenvalue weighted by Crippen LogP contribution is -2.21. The van der Waals surface area contributed by atoms with Gasteiger partial charge in [-0.1, -0.05) is 11.6 Å². The predicted molar refractivity (Wildman–Crippen MR) is 81.2 cm³/mol. The minimum Gasteiger partial charge on any atom is -0.476 e. The largest absolute Gasteiger partial charge is 0.476 e. The van der Waals surface area contributed by atoms with Crippen LogP contribution in [0.3, 0.4) is 0 Å². The fourth-order valence-corrected chi connectivity index (χ4v) is 1.96. The van der Waals surface area contributed by atoms with Gasteiger partial charge in [0.25, 0.3) is 5.91 Å². The van der Waals surface area contributed by atoms with E-state index in [9.17, 15) is 14.9 Å². The fourth-order valence-electron chi connectivity index (χ4n) is 1.73. The van der Waals surface area contributed by atoms with Crippen LogP contribution < -0.4 is 10.1 Å². The third kappa shape index (κ3) is 3.92. The van der Waals surface area contributed by atoms with Gasteiger partial charge in [-0.25, -0.2) is 0 Å². The number of hydrogen-bond donors (Lipinski definition) is 1. The summed E-state index contributed by atoms with van der Waals surface area (Å²) in [6.07, 6.45) is 1.28. The Morgan fingerprint density at radius 2 is 2.23 bits per heavy atom. The zero-order valence-corrected chi connectivity index (χ0v) is 12.3. The minimum absolute atomic E-state index is 0.0597. The second-order valence-electron chi connectivity index (χ2n) is 4.38. The van der Waals surface area contributed by atoms with Gasteiger partial charge in [0.15, 0.2) is 6.61 Å². The van der Waals surface area contributed by atoms with E-state index in [0.29, 0.717) is 10.7 Å². The lowest BCUT2D eigenvalue weighted by Gasteiger charge is -2.09. The van der Waals surface area contributed by atoms with Gasteiger partial charge in [-0.15, -0.1) is 0 Å². The summed E-state index contributed by atoms with van der Waals surface area (Å²) in [5.74, 6) is -0.933. The molecule has 114 valence electrons. The molecule has 0 atom stereocenters. The van der Waals surface area contributed by atoms with Crippen molar-refractivity contribution in [1.82, 2.24) is 4.98 Å². The molecule has 22 heavy (non-hydrogen) atoms. The van der Waals surface area contributed by atoms with Crippen LogP contribution >= 0.6 is 11.6 Å². The van der Waals surface area contributed by atoms with Crippen LogP contribution in [0.25, 0.3) is 0 Å².